The van der Waals surface area contributed by atoms with E-state index < -0.39 is 0 Å². The van der Waals surface area contributed by atoms with E-state index in [1.807, 2.05) is 22.9 Å². The van der Waals surface area contributed by atoms with Crippen molar-refractivity contribution in [3.63, 3.8) is 0 Å². The number of aryl methyl sites for hydroxylation is 1. The zero-order chi connectivity index (χ0) is 18.6. The summed E-state index contributed by atoms with van der Waals surface area (Å²) in [7, 11) is 1.69. The van der Waals surface area contributed by atoms with Crippen molar-refractivity contribution in [1.29, 1.82) is 0 Å². The van der Waals surface area contributed by atoms with Gasteiger partial charge in [0.15, 0.2) is 0 Å². The van der Waals surface area contributed by atoms with Gasteiger partial charge in [0.25, 0.3) is 5.91 Å². The van der Waals surface area contributed by atoms with Crippen LogP contribution >= 0.6 is 0 Å². The van der Waals surface area contributed by atoms with Crippen LogP contribution in [0.15, 0.2) is 12.4 Å². The Kier molecular flexibility index (Phi) is 5.96. The van der Waals surface area contributed by atoms with Crippen molar-refractivity contribution in [2.45, 2.75) is 45.6 Å². The summed E-state index contributed by atoms with van der Waals surface area (Å²) in [6.07, 6.45) is 7.87. The molecule has 7 nitrogen and oxygen atoms in total. The molecule has 0 unspecified atom stereocenters. The molecule has 7 heteroatoms. The predicted molar refractivity (Wildman–Crippen MR) is 97.8 cm³/mol. The lowest BCUT2D eigenvalue weighted by molar-refractivity contribution is -0.139. The summed E-state index contributed by atoms with van der Waals surface area (Å²) in [5.74, 6) is 0.334. The third kappa shape index (κ3) is 4.09. The van der Waals surface area contributed by atoms with E-state index in [4.69, 9.17) is 4.74 Å². The smallest absolute Gasteiger partial charge is 0.257 e. The summed E-state index contributed by atoms with van der Waals surface area (Å²) in [6, 6.07) is 0. The fourth-order valence-electron chi connectivity index (χ4n) is 4.13. The predicted octanol–water partition coefficient (Wildman–Crippen LogP) is 1.78. The monoisotopic (exact) mass is 362 g/mol. The average Bonchev–Trinajstić information content (AvgIpc) is 3.14. The van der Waals surface area contributed by atoms with Crippen LogP contribution in [0.3, 0.4) is 0 Å². The summed E-state index contributed by atoms with van der Waals surface area (Å²) in [5, 5.41) is 4.20. The molecule has 2 amide bonds. The second kappa shape index (κ2) is 8.20. The standard InChI is InChI=1S/C19H30N4O3/c1-3-23-14-16(13-20-23)18(25)21-10-7-19(8-11-21)6-5-17(24)22(15-19)9-4-12-26-2/h13-14H,3-12,15H2,1-2H3. The molecule has 0 N–H and O–H groups in total. The van der Waals surface area contributed by atoms with Crippen LogP contribution in [0.25, 0.3) is 0 Å². The summed E-state index contributed by atoms with van der Waals surface area (Å²) in [5.41, 5.74) is 0.841. The van der Waals surface area contributed by atoms with Gasteiger partial charge in [-0.2, -0.15) is 5.10 Å². The van der Waals surface area contributed by atoms with E-state index in [0.29, 0.717) is 18.6 Å². The Morgan fingerprint density at radius 2 is 2.08 bits per heavy atom. The van der Waals surface area contributed by atoms with E-state index in [-0.39, 0.29) is 17.2 Å². The molecule has 0 aromatic carbocycles. The molecule has 1 aromatic heterocycles. The number of likely N-dealkylation sites (tertiary alicyclic amines) is 2. The first-order chi connectivity index (χ1) is 12.6. The fourth-order valence-corrected chi connectivity index (χ4v) is 4.13. The maximum Gasteiger partial charge on any atom is 0.257 e. The number of amides is 2. The van der Waals surface area contributed by atoms with E-state index in [1.165, 1.54) is 0 Å². The Hall–Kier alpha value is -1.89. The van der Waals surface area contributed by atoms with Gasteiger partial charge in [-0.25, -0.2) is 0 Å². The minimum absolute atomic E-state index is 0.0726. The van der Waals surface area contributed by atoms with Crippen LogP contribution in [0.2, 0.25) is 0 Å². The minimum Gasteiger partial charge on any atom is -0.385 e. The second-order valence-electron chi connectivity index (χ2n) is 7.54. The third-order valence-electron chi connectivity index (χ3n) is 5.84. The number of nitrogens with zero attached hydrogens (tertiary/aromatic N) is 4. The topological polar surface area (TPSA) is 67.7 Å². The Morgan fingerprint density at radius 1 is 1.31 bits per heavy atom. The summed E-state index contributed by atoms with van der Waals surface area (Å²) in [4.78, 5) is 28.8. The van der Waals surface area contributed by atoms with E-state index in [9.17, 15) is 9.59 Å². The molecule has 3 heterocycles. The molecule has 3 rings (SSSR count). The van der Waals surface area contributed by atoms with Gasteiger partial charge in [0.2, 0.25) is 5.91 Å². The van der Waals surface area contributed by atoms with Crippen molar-refractivity contribution in [1.82, 2.24) is 19.6 Å². The summed E-state index contributed by atoms with van der Waals surface area (Å²) < 4.78 is 6.89. The molecule has 2 aliphatic heterocycles. The molecule has 0 aliphatic carbocycles. The molecule has 2 aliphatic rings. The molecule has 1 spiro atoms. The number of ether oxygens (including phenoxy) is 1. The third-order valence-corrected chi connectivity index (χ3v) is 5.84. The Labute approximate surface area is 155 Å². The highest BCUT2D eigenvalue weighted by Crippen LogP contribution is 2.40. The fraction of sp³-hybridized carbons (Fsp3) is 0.737. The maximum absolute atomic E-state index is 12.7. The molecule has 0 bridgehead atoms. The molecule has 26 heavy (non-hydrogen) atoms. The highest BCUT2D eigenvalue weighted by atomic mass is 16.5. The van der Waals surface area contributed by atoms with Crippen LogP contribution in [0.1, 0.15) is 49.4 Å². The van der Waals surface area contributed by atoms with Gasteiger partial charge in [-0.1, -0.05) is 0 Å². The van der Waals surface area contributed by atoms with E-state index >= 15 is 0 Å². The average molecular weight is 362 g/mol. The zero-order valence-corrected chi connectivity index (χ0v) is 15.9. The minimum atomic E-state index is 0.0726. The Balaban J connectivity index is 1.56. The van der Waals surface area contributed by atoms with E-state index in [1.54, 1.807) is 18.0 Å². The van der Waals surface area contributed by atoms with Crippen LogP contribution in [-0.4, -0.2) is 71.3 Å². The lowest BCUT2D eigenvalue weighted by Crippen LogP contribution is -2.52. The lowest BCUT2D eigenvalue weighted by Gasteiger charge is -2.47. The molecular formula is C19H30N4O3. The number of methoxy groups -OCH3 is 1. The van der Waals surface area contributed by atoms with Crippen molar-refractivity contribution >= 4 is 11.8 Å². The number of piperidine rings is 2. The molecule has 2 fully saturated rings. The van der Waals surface area contributed by atoms with Crippen molar-refractivity contribution in [2.75, 3.05) is 39.9 Å². The largest absolute Gasteiger partial charge is 0.385 e. The number of rotatable bonds is 6. The molecule has 0 atom stereocenters. The summed E-state index contributed by atoms with van der Waals surface area (Å²) in [6.45, 7) is 6.58. The number of hydrogen-bond donors (Lipinski definition) is 0. The highest BCUT2D eigenvalue weighted by molar-refractivity contribution is 5.93. The van der Waals surface area contributed by atoms with Crippen molar-refractivity contribution in [2.24, 2.45) is 5.41 Å². The zero-order valence-electron chi connectivity index (χ0n) is 15.9. The van der Waals surface area contributed by atoms with Gasteiger partial charge in [-0.3, -0.25) is 14.3 Å². The van der Waals surface area contributed by atoms with Gasteiger partial charge in [-0.05, 0) is 38.0 Å². The highest BCUT2D eigenvalue weighted by Gasteiger charge is 2.41. The number of carbonyl (C=O) groups excluding carboxylic acids is 2. The van der Waals surface area contributed by atoms with Crippen LogP contribution < -0.4 is 0 Å². The number of hydrogen-bond acceptors (Lipinski definition) is 4. The Morgan fingerprint density at radius 3 is 2.73 bits per heavy atom. The van der Waals surface area contributed by atoms with Gasteiger partial charge in [0, 0.05) is 59.1 Å². The van der Waals surface area contributed by atoms with Crippen LogP contribution in [0, 0.1) is 5.41 Å². The van der Waals surface area contributed by atoms with E-state index in [2.05, 4.69) is 5.10 Å². The molecule has 0 saturated carbocycles. The van der Waals surface area contributed by atoms with Crippen LogP contribution in [-0.2, 0) is 16.1 Å². The number of aromatic nitrogens is 2. The Bertz CT molecular complexity index is 634. The van der Waals surface area contributed by atoms with Crippen molar-refractivity contribution in [3.05, 3.63) is 18.0 Å². The SMILES string of the molecule is CCn1cc(C(=O)N2CCC3(CCC(=O)N(CCCOC)C3)CC2)cn1. The first-order valence-corrected chi connectivity index (χ1v) is 9.65. The van der Waals surface area contributed by atoms with Crippen LogP contribution in [0.4, 0.5) is 0 Å². The van der Waals surface area contributed by atoms with Gasteiger partial charge < -0.3 is 14.5 Å². The van der Waals surface area contributed by atoms with E-state index in [0.717, 1.165) is 58.4 Å². The first kappa shape index (κ1) is 18.9. The van der Waals surface area contributed by atoms with Crippen molar-refractivity contribution < 1.29 is 14.3 Å². The van der Waals surface area contributed by atoms with Gasteiger partial charge in [-0.15, -0.1) is 0 Å². The lowest BCUT2D eigenvalue weighted by atomic mass is 9.72. The second-order valence-corrected chi connectivity index (χ2v) is 7.54. The quantitative estimate of drug-likeness (QED) is 0.724. The van der Waals surface area contributed by atoms with Gasteiger partial charge in [0.05, 0.1) is 11.8 Å². The normalized spacial score (nSPS) is 20.0. The maximum atomic E-state index is 12.7. The molecule has 2 saturated heterocycles. The first-order valence-electron chi connectivity index (χ1n) is 9.65. The van der Waals surface area contributed by atoms with Gasteiger partial charge >= 0.3 is 0 Å². The molecular weight excluding hydrogens is 332 g/mol. The molecule has 1 aromatic rings. The van der Waals surface area contributed by atoms with Crippen LogP contribution in [0.5, 0.6) is 0 Å². The van der Waals surface area contributed by atoms with Gasteiger partial charge in [0.1, 0.15) is 0 Å². The number of carbonyl (C=O) groups is 2. The summed E-state index contributed by atoms with van der Waals surface area (Å²) >= 11 is 0. The molecule has 0 radical (unpaired) electrons. The van der Waals surface area contributed by atoms with Crippen molar-refractivity contribution in [3.8, 4) is 0 Å². The molecule has 144 valence electrons.